The number of nitrogens with zero attached hydrogens (tertiary/aromatic N) is 1. The first kappa shape index (κ1) is 12.7. The van der Waals surface area contributed by atoms with Gasteiger partial charge in [-0.25, -0.2) is 0 Å². The van der Waals surface area contributed by atoms with Crippen molar-refractivity contribution in [1.82, 2.24) is 4.90 Å². The van der Waals surface area contributed by atoms with Gasteiger partial charge in [-0.3, -0.25) is 4.79 Å². The fourth-order valence-electron chi connectivity index (χ4n) is 2.17. The molecule has 0 aromatic rings. The van der Waals surface area contributed by atoms with Crippen LogP contribution in [0.2, 0.25) is 0 Å². The molecular weight excluding hydrogens is 190 g/mol. The van der Waals surface area contributed by atoms with Crippen molar-refractivity contribution in [3.8, 4) is 0 Å². The molecule has 88 valence electrons. The lowest BCUT2D eigenvalue weighted by atomic mass is 10.1. The fourth-order valence-corrected chi connectivity index (χ4v) is 2.17. The van der Waals surface area contributed by atoms with Crippen LogP contribution in [0.15, 0.2) is 0 Å². The van der Waals surface area contributed by atoms with Crippen molar-refractivity contribution in [2.24, 2.45) is 0 Å². The summed E-state index contributed by atoms with van der Waals surface area (Å²) in [5.41, 5.74) is 0. The molecule has 1 fully saturated rings. The van der Waals surface area contributed by atoms with E-state index in [2.05, 4.69) is 18.9 Å². The van der Waals surface area contributed by atoms with Crippen LogP contribution < -0.4 is 0 Å². The van der Waals surface area contributed by atoms with Crippen molar-refractivity contribution >= 4 is 5.78 Å². The lowest BCUT2D eigenvalue weighted by Crippen LogP contribution is -2.37. The molecule has 1 aliphatic rings. The Bertz CT molecular complexity index is 206. The molecule has 3 heteroatoms. The summed E-state index contributed by atoms with van der Waals surface area (Å²) in [5.74, 6) is 0.374. The molecule has 3 nitrogen and oxygen atoms in total. The zero-order valence-corrected chi connectivity index (χ0v) is 10.2. The molecule has 0 aliphatic carbocycles. The second kappa shape index (κ2) is 6.23. The summed E-state index contributed by atoms with van der Waals surface area (Å²) >= 11 is 0. The second-order valence-electron chi connectivity index (χ2n) is 4.41. The molecule has 0 aromatic heterocycles. The first-order chi connectivity index (χ1) is 7.15. The number of hydrogen-bond acceptors (Lipinski definition) is 3. The molecule has 1 heterocycles. The smallest absolute Gasteiger partial charge is 0.132 e. The Labute approximate surface area is 92.8 Å². The van der Waals surface area contributed by atoms with Crippen LogP contribution >= 0.6 is 0 Å². The Morgan fingerprint density at radius 1 is 1.53 bits per heavy atom. The lowest BCUT2D eigenvalue weighted by molar-refractivity contribution is -0.118. The Hall–Kier alpha value is -0.410. The van der Waals surface area contributed by atoms with Gasteiger partial charge in [-0.15, -0.1) is 0 Å². The van der Waals surface area contributed by atoms with Crippen molar-refractivity contribution < 1.29 is 9.53 Å². The van der Waals surface area contributed by atoms with E-state index in [1.54, 1.807) is 0 Å². The Balaban J connectivity index is 2.18. The minimum Gasteiger partial charge on any atom is -0.377 e. The van der Waals surface area contributed by atoms with Crippen LogP contribution in [0, 0.1) is 0 Å². The SMILES string of the molecule is CCC(=O)CCCN(C)C1CCOC1C. The molecule has 0 saturated carbocycles. The van der Waals surface area contributed by atoms with Crippen molar-refractivity contribution in [2.45, 2.75) is 51.7 Å². The standard InChI is InChI=1S/C12H23NO2/c1-4-11(14)6-5-8-13(3)12-7-9-15-10(12)2/h10,12H,4-9H2,1-3H3. The molecule has 1 saturated heterocycles. The van der Waals surface area contributed by atoms with E-state index in [0.717, 1.165) is 32.4 Å². The molecule has 0 amide bonds. The number of carbonyl (C=O) groups is 1. The topological polar surface area (TPSA) is 29.5 Å². The first-order valence-electron chi connectivity index (χ1n) is 5.98. The number of ketones is 1. The van der Waals surface area contributed by atoms with Gasteiger partial charge >= 0.3 is 0 Å². The molecule has 1 aliphatic heterocycles. The molecule has 1 rings (SSSR count). The molecule has 15 heavy (non-hydrogen) atoms. The van der Waals surface area contributed by atoms with Crippen LogP contribution in [-0.4, -0.2) is 43.0 Å². The van der Waals surface area contributed by atoms with Gasteiger partial charge in [-0.1, -0.05) is 6.92 Å². The zero-order chi connectivity index (χ0) is 11.3. The van der Waals surface area contributed by atoms with E-state index in [1.165, 1.54) is 0 Å². The lowest BCUT2D eigenvalue weighted by Gasteiger charge is -2.26. The van der Waals surface area contributed by atoms with Gasteiger partial charge in [0.2, 0.25) is 0 Å². The van der Waals surface area contributed by atoms with E-state index < -0.39 is 0 Å². The summed E-state index contributed by atoms with van der Waals surface area (Å²) in [4.78, 5) is 13.5. The van der Waals surface area contributed by atoms with E-state index in [9.17, 15) is 4.79 Å². The maximum atomic E-state index is 11.1. The fraction of sp³-hybridized carbons (Fsp3) is 0.917. The summed E-state index contributed by atoms with van der Waals surface area (Å²) in [6, 6.07) is 0.543. The largest absolute Gasteiger partial charge is 0.377 e. The number of Topliss-reactive ketones (excluding diaryl/α,β-unsaturated/α-hetero) is 1. The van der Waals surface area contributed by atoms with Crippen molar-refractivity contribution in [3.63, 3.8) is 0 Å². The van der Waals surface area contributed by atoms with Crippen LogP contribution in [0.4, 0.5) is 0 Å². The molecule has 0 aromatic carbocycles. The Morgan fingerprint density at radius 2 is 2.27 bits per heavy atom. The van der Waals surface area contributed by atoms with E-state index in [1.807, 2.05) is 6.92 Å². The summed E-state index contributed by atoms with van der Waals surface area (Å²) < 4.78 is 5.53. The molecule has 0 N–H and O–H groups in total. The number of carbonyl (C=O) groups excluding carboxylic acids is 1. The molecule has 0 spiro atoms. The third-order valence-electron chi connectivity index (χ3n) is 3.26. The Morgan fingerprint density at radius 3 is 2.80 bits per heavy atom. The van der Waals surface area contributed by atoms with Crippen molar-refractivity contribution in [3.05, 3.63) is 0 Å². The maximum absolute atomic E-state index is 11.1. The highest BCUT2D eigenvalue weighted by Crippen LogP contribution is 2.18. The average molecular weight is 213 g/mol. The minimum absolute atomic E-state index is 0.344. The van der Waals surface area contributed by atoms with Gasteiger partial charge < -0.3 is 9.64 Å². The summed E-state index contributed by atoms with van der Waals surface area (Å²) in [6.07, 6.45) is 3.85. The number of ether oxygens (including phenoxy) is 1. The molecule has 2 unspecified atom stereocenters. The number of likely N-dealkylation sites (N-methyl/N-ethyl adjacent to an activating group) is 1. The van der Waals surface area contributed by atoms with Crippen molar-refractivity contribution in [2.75, 3.05) is 20.2 Å². The predicted octanol–water partition coefficient (Wildman–Crippen LogP) is 1.85. The van der Waals surface area contributed by atoms with E-state index >= 15 is 0 Å². The van der Waals surface area contributed by atoms with Gasteiger partial charge in [0.05, 0.1) is 6.10 Å². The highest BCUT2D eigenvalue weighted by molar-refractivity contribution is 5.77. The first-order valence-corrected chi connectivity index (χ1v) is 5.98. The van der Waals surface area contributed by atoms with Gasteiger partial charge in [0.1, 0.15) is 5.78 Å². The van der Waals surface area contributed by atoms with Crippen molar-refractivity contribution in [1.29, 1.82) is 0 Å². The number of hydrogen-bond donors (Lipinski definition) is 0. The maximum Gasteiger partial charge on any atom is 0.132 e. The molecule has 2 atom stereocenters. The van der Waals surface area contributed by atoms with Crippen LogP contribution in [0.3, 0.4) is 0 Å². The van der Waals surface area contributed by atoms with Gasteiger partial charge in [0.25, 0.3) is 0 Å². The minimum atomic E-state index is 0.344. The summed E-state index contributed by atoms with van der Waals surface area (Å²) in [6.45, 7) is 5.94. The molecule has 0 bridgehead atoms. The summed E-state index contributed by atoms with van der Waals surface area (Å²) in [7, 11) is 2.13. The Kier molecular flexibility index (Phi) is 5.26. The van der Waals surface area contributed by atoms with Gasteiger partial charge in [-0.2, -0.15) is 0 Å². The second-order valence-corrected chi connectivity index (χ2v) is 4.41. The quantitative estimate of drug-likeness (QED) is 0.674. The monoisotopic (exact) mass is 213 g/mol. The van der Waals surface area contributed by atoms with E-state index in [-0.39, 0.29) is 0 Å². The third-order valence-corrected chi connectivity index (χ3v) is 3.26. The van der Waals surface area contributed by atoms with Gasteiger partial charge in [-0.05, 0) is 33.4 Å². The normalized spacial score (nSPS) is 26.1. The van der Waals surface area contributed by atoms with Crippen LogP contribution in [0.1, 0.15) is 39.5 Å². The van der Waals surface area contributed by atoms with E-state index in [0.29, 0.717) is 24.3 Å². The van der Waals surface area contributed by atoms with Crippen LogP contribution in [0.25, 0.3) is 0 Å². The van der Waals surface area contributed by atoms with Crippen LogP contribution in [0.5, 0.6) is 0 Å². The van der Waals surface area contributed by atoms with Gasteiger partial charge in [0.15, 0.2) is 0 Å². The zero-order valence-electron chi connectivity index (χ0n) is 10.2. The molecular formula is C12H23NO2. The van der Waals surface area contributed by atoms with E-state index in [4.69, 9.17) is 4.74 Å². The van der Waals surface area contributed by atoms with Gasteiger partial charge in [0, 0.05) is 25.5 Å². The average Bonchev–Trinajstić information content (AvgIpc) is 2.64. The predicted molar refractivity (Wildman–Crippen MR) is 61.0 cm³/mol. The third kappa shape index (κ3) is 3.92. The number of rotatable bonds is 6. The van der Waals surface area contributed by atoms with Crippen LogP contribution in [-0.2, 0) is 9.53 Å². The highest BCUT2D eigenvalue weighted by atomic mass is 16.5. The molecule has 0 radical (unpaired) electrons. The highest BCUT2D eigenvalue weighted by Gasteiger charge is 2.27. The summed E-state index contributed by atoms with van der Waals surface area (Å²) in [5, 5.41) is 0.